The number of thiocarbonyl (C=S) groups is 1. The molecule has 3 aliphatic rings. The Bertz CT molecular complexity index is 737. The molecule has 0 aromatic heterocycles. The highest BCUT2D eigenvalue weighted by Gasteiger charge is 2.54. The van der Waals surface area contributed by atoms with E-state index in [9.17, 15) is 15.0 Å². The minimum Gasteiger partial charge on any atom is -0.497 e. The quantitative estimate of drug-likeness (QED) is 0.554. The SMILES string of the molecule is COc1ccc(N2C(=S)N[C@H]3[C@@H](O)[C@H](O)C[C@@H](C(=O)NC4CCCC4)[C@H]32)cc1. The lowest BCUT2D eigenvalue weighted by atomic mass is 9.77. The maximum atomic E-state index is 13.1. The summed E-state index contributed by atoms with van der Waals surface area (Å²) in [6, 6.07) is 6.79. The second-order valence-corrected chi connectivity index (χ2v) is 8.31. The van der Waals surface area contributed by atoms with Crippen LogP contribution in [0.25, 0.3) is 0 Å². The number of aliphatic hydroxyl groups is 2. The van der Waals surface area contributed by atoms with Gasteiger partial charge in [0.05, 0.1) is 31.2 Å². The first-order valence-corrected chi connectivity index (χ1v) is 10.3. The number of ether oxygens (including phenoxy) is 1. The number of nitrogens with one attached hydrogen (secondary N) is 2. The zero-order valence-electron chi connectivity index (χ0n) is 15.9. The minimum atomic E-state index is -0.985. The van der Waals surface area contributed by atoms with Crippen LogP contribution in [-0.2, 0) is 4.79 Å². The van der Waals surface area contributed by atoms with Crippen LogP contribution in [0.1, 0.15) is 32.1 Å². The van der Waals surface area contributed by atoms with Gasteiger partial charge in [-0.3, -0.25) is 4.79 Å². The van der Waals surface area contributed by atoms with Crippen LogP contribution in [-0.4, -0.2) is 58.7 Å². The van der Waals surface area contributed by atoms with E-state index in [1.807, 2.05) is 29.2 Å². The molecule has 8 heteroatoms. The maximum Gasteiger partial charge on any atom is 0.225 e. The summed E-state index contributed by atoms with van der Waals surface area (Å²) in [6.45, 7) is 0. The van der Waals surface area contributed by atoms with Crippen LogP contribution >= 0.6 is 12.2 Å². The largest absolute Gasteiger partial charge is 0.497 e. The number of rotatable bonds is 4. The van der Waals surface area contributed by atoms with E-state index in [2.05, 4.69) is 10.6 Å². The smallest absolute Gasteiger partial charge is 0.225 e. The van der Waals surface area contributed by atoms with Gasteiger partial charge in [0.1, 0.15) is 11.9 Å². The van der Waals surface area contributed by atoms with E-state index in [1.54, 1.807) is 7.11 Å². The highest BCUT2D eigenvalue weighted by molar-refractivity contribution is 7.80. The summed E-state index contributed by atoms with van der Waals surface area (Å²) in [4.78, 5) is 15.0. The molecule has 7 nitrogen and oxygen atoms in total. The van der Waals surface area contributed by atoms with Crippen molar-refractivity contribution in [1.82, 2.24) is 10.6 Å². The molecule has 1 aliphatic heterocycles. The fraction of sp³-hybridized carbons (Fsp3) is 0.600. The highest BCUT2D eigenvalue weighted by Crippen LogP contribution is 2.37. The van der Waals surface area contributed by atoms with Gasteiger partial charge in [0, 0.05) is 11.7 Å². The second kappa shape index (κ2) is 7.85. The molecule has 3 fully saturated rings. The van der Waals surface area contributed by atoms with Gasteiger partial charge in [0.15, 0.2) is 5.11 Å². The van der Waals surface area contributed by atoms with Gasteiger partial charge in [-0.2, -0.15) is 0 Å². The van der Waals surface area contributed by atoms with Gasteiger partial charge in [0.2, 0.25) is 5.91 Å². The van der Waals surface area contributed by atoms with Crippen molar-refractivity contribution in [3.63, 3.8) is 0 Å². The standard InChI is InChI=1S/C20H27N3O4S/c1-27-13-8-6-12(7-9-13)23-17-14(19(26)21-11-4-2-3-5-11)10-15(24)18(25)16(17)22-20(23)28/h6-9,11,14-18,24-25H,2-5,10H2,1H3,(H,21,26)(H,22,28)/t14-,15-,16-,17-,18+/m1/s1. The molecule has 2 aliphatic carbocycles. The van der Waals surface area contributed by atoms with Crippen LogP contribution in [0.5, 0.6) is 5.75 Å². The molecule has 0 unspecified atom stereocenters. The number of amides is 1. The number of carbonyl (C=O) groups is 1. The number of fused-ring (bicyclic) bond motifs is 1. The van der Waals surface area contributed by atoms with Crippen molar-refractivity contribution in [3.05, 3.63) is 24.3 Å². The Balaban J connectivity index is 1.63. The molecule has 4 rings (SSSR count). The number of benzene rings is 1. The molecular weight excluding hydrogens is 378 g/mol. The van der Waals surface area contributed by atoms with Crippen LogP contribution in [0, 0.1) is 5.92 Å². The third-order valence-electron chi connectivity index (χ3n) is 6.23. The summed E-state index contributed by atoms with van der Waals surface area (Å²) >= 11 is 5.53. The number of anilines is 1. The predicted molar refractivity (Wildman–Crippen MR) is 109 cm³/mol. The van der Waals surface area contributed by atoms with Crippen molar-refractivity contribution in [1.29, 1.82) is 0 Å². The third-order valence-corrected chi connectivity index (χ3v) is 6.55. The van der Waals surface area contributed by atoms with E-state index >= 15 is 0 Å². The lowest BCUT2D eigenvalue weighted by Gasteiger charge is -2.41. The molecule has 1 heterocycles. The molecule has 0 radical (unpaired) electrons. The van der Waals surface area contributed by atoms with Crippen LogP contribution in [0.4, 0.5) is 5.69 Å². The fourth-order valence-electron chi connectivity index (χ4n) is 4.76. The van der Waals surface area contributed by atoms with E-state index in [1.165, 1.54) is 0 Å². The van der Waals surface area contributed by atoms with Crippen molar-refractivity contribution < 1.29 is 19.7 Å². The first-order valence-electron chi connectivity index (χ1n) is 9.90. The number of carbonyl (C=O) groups excluding carboxylic acids is 1. The molecule has 0 spiro atoms. The molecular formula is C20H27N3O4S. The molecule has 1 aromatic carbocycles. The predicted octanol–water partition coefficient (Wildman–Crippen LogP) is 0.927. The van der Waals surface area contributed by atoms with Crippen LogP contribution in [0.2, 0.25) is 0 Å². The second-order valence-electron chi connectivity index (χ2n) is 7.92. The monoisotopic (exact) mass is 405 g/mol. The lowest BCUT2D eigenvalue weighted by molar-refractivity contribution is -0.131. The van der Waals surface area contributed by atoms with Crippen molar-refractivity contribution in [2.45, 2.75) is 62.4 Å². The molecule has 0 bridgehead atoms. The molecule has 1 saturated heterocycles. The third kappa shape index (κ3) is 3.44. The Hall–Kier alpha value is -1.90. The van der Waals surface area contributed by atoms with Gasteiger partial charge in [-0.25, -0.2) is 0 Å². The zero-order valence-corrected chi connectivity index (χ0v) is 16.7. The molecule has 5 atom stereocenters. The van der Waals surface area contributed by atoms with Crippen molar-refractivity contribution in [3.8, 4) is 5.75 Å². The van der Waals surface area contributed by atoms with Crippen molar-refractivity contribution in [2.24, 2.45) is 5.92 Å². The normalized spacial score (nSPS) is 32.8. The lowest BCUT2D eigenvalue weighted by Crippen LogP contribution is -2.61. The molecule has 1 aromatic rings. The Morgan fingerprint density at radius 3 is 2.57 bits per heavy atom. The molecule has 1 amide bonds. The highest BCUT2D eigenvalue weighted by atomic mass is 32.1. The summed E-state index contributed by atoms with van der Waals surface area (Å²) < 4.78 is 5.23. The van der Waals surface area contributed by atoms with Crippen molar-refractivity contribution >= 4 is 28.9 Å². The number of hydrogen-bond acceptors (Lipinski definition) is 5. The molecule has 4 N–H and O–H groups in total. The Labute approximate surface area is 170 Å². The Morgan fingerprint density at radius 2 is 1.93 bits per heavy atom. The van der Waals surface area contributed by atoms with Gasteiger partial charge < -0.3 is 30.5 Å². The molecule has 152 valence electrons. The van der Waals surface area contributed by atoms with Gasteiger partial charge in [0.25, 0.3) is 0 Å². The van der Waals surface area contributed by atoms with E-state index < -0.39 is 24.2 Å². The molecule has 28 heavy (non-hydrogen) atoms. The van der Waals surface area contributed by atoms with Gasteiger partial charge in [-0.05, 0) is 55.7 Å². The van der Waals surface area contributed by atoms with Crippen LogP contribution < -0.4 is 20.3 Å². The zero-order chi connectivity index (χ0) is 19.8. The number of hydrogen-bond donors (Lipinski definition) is 4. The van der Waals surface area contributed by atoms with Crippen molar-refractivity contribution in [2.75, 3.05) is 12.0 Å². The van der Waals surface area contributed by atoms with Gasteiger partial charge in [-0.1, -0.05) is 12.8 Å². The minimum absolute atomic E-state index is 0.0714. The summed E-state index contributed by atoms with van der Waals surface area (Å²) in [7, 11) is 1.61. The van der Waals surface area contributed by atoms with Crippen LogP contribution in [0.3, 0.4) is 0 Å². The Morgan fingerprint density at radius 1 is 1.25 bits per heavy atom. The summed E-state index contributed by atoms with van der Waals surface area (Å²) in [6.07, 6.45) is 2.51. The average Bonchev–Trinajstić information content (AvgIpc) is 3.32. The first-order chi connectivity index (χ1) is 13.5. The number of nitrogens with zero attached hydrogens (tertiary/aromatic N) is 1. The topological polar surface area (TPSA) is 94.1 Å². The first kappa shape index (κ1) is 19.4. The summed E-state index contributed by atoms with van der Waals surface area (Å²) in [5.74, 6) is 0.185. The van der Waals surface area contributed by atoms with E-state index in [0.717, 1.165) is 37.1 Å². The van der Waals surface area contributed by atoms with E-state index in [4.69, 9.17) is 17.0 Å². The van der Waals surface area contributed by atoms with Gasteiger partial charge >= 0.3 is 0 Å². The summed E-state index contributed by atoms with van der Waals surface area (Å²) in [5, 5.41) is 27.6. The van der Waals surface area contributed by atoms with E-state index in [0.29, 0.717) is 5.11 Å². The fourth-order valence-corrected chi connectivity index (χ4v) is 5.13. The molecule has 2 saturated carbocycles. The average molecular weight is 406 g/mol. The number of aliphatic hydroxyl groups excluding tert-OH is 2. The number of methoxy groups -OCH3 is 1. The van der Waals surface area contributed by atoms with Crippen LogP contribution in [0.15, 0.2) is 24.3 Å². The summed E-state index contributed by atoms with van der Waals surface area (Å²) in [5.41, 5.74) is 0.827. The Kier molecular flexibility index (Phi) is 5.44. The maximum absolute atomic E-state index is 13.1. The van der Waals surface area contributed by atoms with Gasteiger partial charge in [-0.15, -0.1) is 0 Å². The van der Waals surface area contributed by atoms with E-state index in [-0.39, 0.29) is 24.4 Å².